The van der Waals surface area contributed by atoms with Gasteiger partial charge in [-0.25, -0.2) is 0 Å². The predicted molar refractivity (Wildman–Crippen MR) is 65.5 cm³/mol. The molecule has 0 radical (unpaired) electrons. The first-order chi connectivity index (χ1) is 8.90. The molecule has 0 aliphatic carbocycles. The quantitative estimate of drug-likeness (QED) is 0.691. The van der Waals surface area contributed by atoms with E-state index >= 15 is 0 Å². The molecule has 7 heteroatoms. The average molecular weight is 268 g/mol. The molecule has 0 bridgehead atoms. The molecule has 1 aromatic rings. The molecule has 2 atom stereocenters. The number of carbonyl (C=O) groups is 3. The van der Waals surface area contributed by atoms with Gasteiger partial charge in [0.1, 0.15) is 6.04 Å². The zero-order chi connectivity index (χ0) is 14.4. The Labute approximate surface area is 110 Å². The second-order valence-electron chi connectivity index (χ2n) is 4.18. The predicted octanol–water partition coefficient (Wildman–Crippen LogP) is 0.377. The fourth-order valence-corrected chi connectivity index (χ4v) is 1.42. The van der Waals surface area contributed by atoms with Crippen LogP contribution in [0.2, 0.25) is 0 Å². The second kappa shape index (κ2) is 6.58. The lowest BCUT2D eigenvalue weighted by molar-refractivity contribution is -0.137. The van der Waals surface area contributed by atoms with Gasteiger partial charge < -0.3 is 20.2 Å². The van der Waals surface area contributed by atoms with Crippen molar-refractivity contribution in [2.75, 3.05) is 0 Å². The van der Waals surface area contributed by atoms with Gasteiger partial charge in [0, 0.05) is 6.04 Å². The highest BCUT2D eigenvalue weighted by Crippen LogP contribution is 2.00. The second-order valence-corrected chi connectivity index (χ2v) is 4.18. The third-order valence-electron chi connectivity index (χ3n) is 2.36. The number of furan rings is 1. The van der Waals surface area contributed by atoms with Crippen molar-refractivity contribution in [3.8, 4) is 0 Å². The number of amides is 2. The first-order valence-corrected chi connectivity index (χ1v) is 5.76. The summed E-state index contributed by atoms with van der Waals surface area (Å²) in [5.41, 5.74) is 0. The number of hydrogen-bond donors (Lipinski definition) is 3. The van der Waals surface area contributed by atoms with E-state index in [0.717, 1.165) is 0 Å². The highest BCUT2D eigenvalue weighted by atomic mass is 16.4. The van der Waals surface area contributed by atoms with Gasteiger partial charge in [-0.15, -0.1) is 0 Å². The van der Waals surface area contributed by atoms with E-state index in [1.807, 2.05) is 0 Å². The van der Waals surface area contributed by atoms with Crippen molar-refractivity contribution in [2.45, 2.75) is 32.4 Å². The van der Waals surface area contributed by atoms with Gasteiger partial charge in [0.25, 0.3) is 5.91 Å². The first-order valence-electron chi connectivity index (χ1n) is 5.76. The van der Waals surface area contributed by atoms with Crippen molar-refractivity contribution in [3.05, 3.63) is 24.2 Å². The van der Waals surface area contributed by atoms with Crippen LogP contribution in [0.1, 0.15) is 30.8 Å². The number of carboxylic acid groups (broad SMARTS) is 1. The Morgan fingerprint density at radius 1 is 1.32 bits per heavy atom. The van der Waals surface area contributed by atoms with Crippen LogP contribution < -0.4 is 10.6 Å². The van der Waals surface area contributed by atoms with Crippen molar-refractivity contribution in [2.24, 2.45) is 0 Å². The Balaban J connectivity index is 2.44. The van der Waals surface area contributed by atoms with Crippen molar-refractivity contribution >= 4 is 17.8 Å². The van der Waals surface area contributed by atoms with E-state index in [-0.39, 0.29) is 12.2 Å². The van der Waals surface area contributed by atoms with E-state index < -0.39 is 29.9 Å². The number of hydrogen-bond acceptors (Lipinski definition) is 4. The van der Waals surface area contributed by atoms with Gasteiger partial charge in [-0.2, -0.15) is 0 Å². The third kappa shape index (κ3) is 4.82. The number of rotatable bonds is 6. The largest absolute Gasteiger partial charge is 0.481 e. The van der Waals surface area contributed by atoms with Crippen LogP contribution in [-0.2, 0) is 9.59 Å². The molecule has 3 N–H and O–H groups in total. The average Bonchev–Trinajstić information content (AvgIpc) is 2.80. The van der Waals surface area contributed by atoms with Crippen molar-refractivity contribution in [1.29, 1.82) is 0 Å². The van der Waals surface area contributed by atoms with E-state index in [0.29, 0.717) is 0 Å². The van der Waals surface area contributed by atoms with Crippen LogP contribution in [0.4, 0.5) is 0 Å². The Morgan fingerprint density at radius 3 is 2.53 bits per heavy atom. The van der Waals surface area contributed by atoms with Crippen LogP contribution in [0, 0.1) is 0 Å². The maximum Gasteiger partial charge on any atom is 0.305 e. The zero-order valence-electron chi connectivity index (χ0n) is 10.7. The summed E-state index contributed by atoms with van der Waals surface area (Å²) < 4.78 is 4.89. The molecule has 7 nitrogen and oxygen atoms in total. The summed E-state index contributed by atoms with van der Waals surface area (Å²) in [6.45, 7) is 3.08. The SMILES string of the molecule is CC(CC(=O)O)NC(=O)C(C)NC(=O)c1ccco1. The molecule has 1 heterocycles. The number of nitrogens with one attached hydrogen (secondary N) is 2. The molecule has 0 fully saturated rings. The van der Waals surface area contributed by atoms with E-state index in [4.69, 9.17) is 9.52 Å². The molecule has 0 saturated heterocycles. The highest BCUT2D eigenvalue weighted by Gasteiger charge is 2.20. The van der Waals surface area contributed by atoms with E-state index in [9.17, 15) is 14.4 Å². The van der Waals surface area contributed by atoms with Gasteiger partial charge in [0.2, 0.25) is 5.91 Å². The molecule has 0 spiro atoms. The maximum absolute atomic E-state index is 11.7. The molecule has 104 valence electrons. The van der Waals surface area contributed by atoms with Gasteiger partial charge in [0.05, 0.1) is 12.7 Å². The van der Waals surface area contributed by atoms with Crippen LogP contribution in [0.3, 0.4) is 0 Å². The molecule has 0 aromatic carbocycles. The molecule has 0 saturated carbocycles. The number of aliphatic carboxylic acids is 1. The van der Waals surface area contributed by atoms with E-state index in [1.165, 1.54) is 19.3 Å². The van der Waals surface area contributed by atoms with Gasteiger partial charge in [0.15, 0.2) is 5.76 Å². The topological polar surface area (TPSA) is 109 Å². The Morgan fingerprint density at radius 2 is 2.00 bits per heavy atom. The van der Waals surface area contributed by atoms with Crippen molar-refractivity contribution in [1.82, 2.24) is 10.6 Å². The van der Waals surface area contributed by atoms with Gasteiger partial charge in [-0.1, -0.05) is 0 Å². The first kappa shape index (κ1) is 14.7. The van der Waals surface area contributed by atoms with Gasteiger partial charge in [-0.3, -0.25) is 14.4 Å². The minimum atomic E-state index is -1.000. The summed E-state index contributed by atoms with van der Waals surface area (Å²) in [4.78, 5) is 33.8. The third-order valence-corrected chi connectivity index (χ3v) is 2.36. The molecule has 0 aliphatic heterocycles. The van der Waals surface area contributed by atoms with Crippen molar-refractivity contribution in [3.63, 3.8) is 0 Å². The summed E-state index contributed by atoms with van der Waals surface area (Å²) >= 11 is 0. The van der Waals surface area contributed by atoms with E-state index in [1.54, 1.807) is 13.0 Å². The summed E-state index contributed by atoms with van der Waals surface area (Å²) in [6, 6.07) is 1.75. The molecular formula is C12H16N2O5. The minimum absolute atomic E-state index is 0.109. The molecule has 0 aliphatic rings. The molecule has 2 amide bonds. The lowest BCUT2D eigenvalue weighted by atomic mass is 10.2. The Hall–Kier alpha value is -2.31. The summed E-state index contributed by atoms with van der Waals surface area (Å²) in [5.74, 6) is -1.84. The number of carbonyl (C=O) groups excluding carboxylic acids is 2. The fraction of sp³-hybridized carbons (Fsp3) is 0.417. The summed E-state index contributed by atoms with van der Waals surface area (Å²) in [6.07, 6.45) is 1.18. The lowest BCUT2D eigenvalue weighted by Gasteiger charge is -2.16. The molecule has 19 heavy (non-hydrogen) atoms. The highest BCUT2D eigenvalue weighted by molar-refractivity contribution is 5.95. The van der Waals surface area contributed by atoms with Crippen LogP contribution in [-0.4, -0.2) is 35.0 Å². The standard InChI is InChI=1S/C12H16N2O5/c1-7(6-10(15)16)13-11(17)8(2)14-12(18)9-4-3-5-19-9/h3-5,7-8H,6H2,1-2H3,(H,13,17)(H,14,18)(H,15,16). The van der Waals surface area contributed by atoms with Crippen LogP contribution in [0.25, 0.3) is 0 Å². The number of carboxylic acids is 1. The smallest absolute Gasteiger partial charge is 0.305 e. The summed E-state index contributed by atoms with van der Waals surface area (Å²) in [5, 5.41) is 13.5. The fourth-order valence-electron chi connectivity index (χ4n) is 1.42. The monoisotopic (exact) mass is 268 g/mol. The van der Waals surface area contributed by atoms with E-state index in [2.05, 4.69) is 10.6 Å². The Kier molecular flexibility index (Phi) is 5.11. The maximum atomic E-state index is 11.7. The molecule has 2 unspecified atom stereocenters. The minimum Gasteiger partial charge on any atom is -0.481 e. The molecule has 1 rings (SSSR count). The normalized spacial score (nSPS) is 13.4. The molecule has 1 aromatic heterocycles. The van der Waals surface area contributed by atoms with Crippen LogP contribution >= 0.6 is 0 Å². The van der Waals surface area contributed by atoms with Crippen LogP contribution in [0.15, 0.2) is 22.8 Å². The van der Waals surface area contributed by atoms with Gasteiger partial charge >= 0.3 is 5.97 Å². The summed E-state index contributed by atoms with van der Waals surface area (Å²) in [7, 11) is 0. The van der Waals surface area contributed by atoms with Crippen molar-refractivity contribution < 1.29 is 23.9 Å². The van der Waals surface area contributed by atoms with Crippen LogP contribution in [0.5, 0.6) is 0 Å². The zero-order valence-corrected chi connectivity index (χ0v) is 10.7. The Bertz CT molecular complexity index is 455. The lowest BCUT2D eigenvalue weighted by Crippen LogP contribution is -2.47. The van der Waals surface area contributed by atoms with Gasteiger partial charge in [-0.05, 0) is 26.0 Å². The molecular weight excluding hydrogens is 252 g/mol.